The van der Waals surface area contributed by atoms with Gasteiger partial charge in [-0.3, -0.25) is 0 Å². The molecule has 0 spiro atoms. The van der Waals surface area contributed by atoms with Gasteiger partial charge in [-0.05, 0) is 64.3 Å². The van der Waals surface area contributed by atoms with Crippen LogP contribution in [-0.2, 0) is 6.42 Å². The highest BCUT2D eigenvalue weighted by Gasteiger charge is 2.22. The van der Waals surface area contributed by atoms with Gasteiger partial charge in [0.15, 0.2) is 11.5 Å². The van der Waals surface area contributed by atoms with Crippen LogP contribution in [-0.4, -0.2) is 38.6 Å². The van der Waals surface area contributed by atoms with E-state index in [0.29, 0.717) is 6.04 Å². The summed E-state index contributed by atoms with van der Waals surface area (Å²) in [7, 11) is 0. The Morgan fingerprint density at radius 3 is 2.70 bits per heavy atom. The molecule has 0 saturated carbocycles. The summed E-state index contributed by atoms with van der Waals surface area (Å²) in [6.07, 6.45) is 5.55. The SMILES string of the molecule is Cc1cccn2nc(CC3CCN(C(C)C)CC3)nc12. The van der Waals surface area contributed by atoms with Gasteiger partial charge in [0.05, 0.1) is 0 Å². The average molecular weight is 272 g/mol. The zero-order chi connectivity index (χ0) is 14.1. The van der Waals surface area contributed by atoms with Crippen LogP contribution >= 0.6 is 0 Å². The van der Waals surface area contributed by atoms with Crippen LogP contribution in [0.4, 0.5) is 0 Å². The van der Waals surface area contributed by atoms with Crippen molar-refractivity contribution in [2.24, 2.45) is 5.92 Å². The van der Waals surface area contributed by atoms with Crippen molar-refractivity contribution in [1.29, 1.82) is 0 Å². The maximum Gasteiger partial charge on any atom is 0.158 e. The Hall–Kier alpha value is -1.42. The number of nitrogens with zero attached hydrogens (tertiary/aromatic N) is 4. The smallest absolute Gasteiger partial charge is 0.158 e. The van der Waals surface area contributed by atoms with Crippen molar-refractivity contribution < 1.29 is 0 Å². The molecule has 20 heavy (non-hydrogen) atoms. The van der Waals surface area contributed by atoms with Gasteiger partial charge in [0, 0.05) is 18.7 Å². The second kappa shape index (κ2) is 5.52. The molecule has 1 fully saturated rings. The van der Waals surface area contributed by atoms with Crippen LogP contribution in [0.25, 0.3) is 5.65 Å². The maximum atomic E-state index is 4.70. The highest BCUT2D eigenvalue weighted by Crippen LogP contribution is 2.22. The molecule has 0 N–H and O–H groups in total. The highest BCUT2D eigenvalue weighted by molar-refractivity contribution is 5.45. The third-order valence-electron chi connectivity index (χ3n) is 4.45. The lowest BCUT2D eigenvalue weighted by Crippen LogP contribution is -2.38. The molecule has 0 radical (unpaired) electrons. The number of pyridine rings is 1. The normalized spacial score (nSPS) is 18.2. The largest absolute Gasteiger partial charge is 0.301 e. The zero-order valence-corrected chi connectivity index (χ0v) is 12.7. The van der Waals surface area contributed by atoms with Crippen molar-refractivity contribution in [3.05, 3.63) is 29.7 Å². The molecule has 2 aromatic heterocycles. The molecular formula is C16H24N4. The first-order chi connectivity index (χ1) is 9.63. The first-order valence-corrected chi connectivity index (χ1v) is 7.68. The molecule has 1 saturated heterocycles. The van der Waals surface area contributed by atoms with Gasteiger partial charge < -0.3 is 4.90 Å². The second-order valence-electron chi connectivity index (χ2n) is 6.26. The van der Waals surface area contributed by atoms with Crippen molar-refractivity contribution in [1.82, 2.24) is 19.5 Å². The van der Waals surface area contributed by atoms with Crippen LogP contribution in [0.2, 0.25) is 0 Å². The fourth-order valence-corrected chi connectivity index (χ4v) is 3.10. The number of aromatic nitrogens is 3. The minimum absolute atomic E-state index is 0.673. The van der Waals surface area contributed by atoms with Gasteiger partial charge in [0.25, 0.3) is 0 Å². The Morgan fingerprint density at radius 2 is 2.05 bits per heavy atom. The van der Waals surface area contributed by atoms with Gasteiger partial charge in [0.2, 0.25) is 0 Å². The summed E-state index contributed by atoms with van der Waals surface area (Å²) < 4.78 is 1.91. The number of hydrogen-bond acceptors (Lipinski definition) is 3. The third kappa shape index (κ3) is 2.70. The van der Waals surface area contributed by atoms with Crippen LogP contribution in [0.1, 0.15) is 38.1 Å². The molecule has 0 atom stereocenters. The standard InChI is InChI=1S/C16H24N4/c1-12(2)19-9-6-14(7-10-19)11-15-17-16-13(3)5-4-8-20(16)18-15/h4-5,8,12,14H,6-7,9-11H2,1-3H3. The quantitative estimate of drug-likeness (QED) is 0.861. The highest BCUT2D eigenvalue weighted by atomic mass is 15.3. The summed E-state index contributed by atoms with van der Waals surface area (Å²) in [5.41, 5.74) is 2.20. The minimum atomic E-state index is 0.673. The lowest BCUT2D eigenvalue weighted by Gasteiger charge is -2.34. The summed E-state index contributed by atoms with van der Waals surface area (Å²) in [5.74, 6) is 1.74. The molecule has 1 aliphatic heterocycles. The summed E-state index contributed by atoms with van der Waals surface area (Å²) >= 11 is 0. The van der Waals surface area contributed by atoms with E-state index in [-0.39, 0.29) is 0 Å². The number of hydrogen-bond donors (Lipinski definition) is 0. The number of likely N-dealkylation sites (tertiary alicyclic amines) is 1. The Balaban J connectivity index is 1.67. The van der Waals surface area contributed by atoms with Gasteiger partial charge in [-0.2, -0.15) is 5.10 Å². The molecule has 0 aromatic carbocycles. The molecule has 3 rings (SSSR count). The molecule has 2 aromatic rings. The van der Waals surface area contributed by atoms with Crippen molar-refractivity contribution in [3.8, 4) is 0 Å². The topological polar surface area (TPSA) is 33.4 Å². The van der Waals surface area contributed by atoms with Crippen molar-refractivity contribution in [2.45, 2.75) is 46.1 Å². The molecule has 0 aliphatic carbocycles. The van der Waals surface area contributed by atoms with Crippen LogP contribution < -0.4 is 0 Å². The predicted octanol–water partition coefficient (Wildman–Crippen LogP) is 2.70. The molecule has 108 valence electrons. The Kier molecular flexibility index (Phi) is 3.74. The lowest BCUT2D eigenvalue weighted by atomic mass is 9.93. The van der Waals surface area contributed by atoms with E-state index in [1.165, 1.54) is 31.5 Å². The second-order valence-corrected chi connectivity index (χ2v) is 6.26. The Bertz CT molecular complexity index is 579. The fourth-order valence-electron chi connectivity index (χ4n) is 3.10. The first-order valence-electron chi connectivity index (χ1n) is 7.68. The summed E-state index contributed by atoms with van der Waals surface area (Å²) in [4.78, 5) is 7.27. The van der Waals surface area contributed by atoms with Crippen LogP contribution in [0, 0.1) is 12.8 Å². The van der Waals surface area contributed by atoms with Crippen molar-refractivity contribution in [3.63, 3.8) is 0 Å². The lowest BCUT2D eigenvalue weighted by molar-refractivity contribution is 0.148. The molecule has 1 aliphatic rings. The zero-order valence-electron chi connectivity index (χ0n) is 12.7. The van der Waals surface area contributed by atoms with E-state index in [2.05, 4.69) is 36.8 Å². The van der Waals surface area contributed by atoms with E-state index >= 15 is 0 Å². The molecule has 0 unspecified atom stereocenters. The van der Waals surface area contributed by atoms with Crippen LogP contribution in [0.5, 0.6) is 0 Å². The molecule has 0 amide bonds. The Morgan fingerprint density at radius 1 is 1.30 bits per heavy atom. The molecular weight excluding hydrogens is 248 g/mol. The maximum absolute atomic E-state index is 4.70. The van der Waals surface area contributed by atoms with E-state index in [1.807, 2.05) is 16.8 Å². The predicted molar refractivity (Wildman–Crippen MR) is 80.9 cm³/mol. The number of piperidine rings is 1. The van der Waals surface area contributed by atoms with E-state index in [0.717, 1.165) is 23.8 Å². The molecule has 3 heterocycles. The molecule has 0 bridgehead atoms. The molecule has 4 nitrogen and oxygen atoms in total. The van der Waals surface area contributed by atoms with E-state index in [9.17, 15) is 0 Å². The third-order valence-corrected chi connectivity index (χ3v) is 4.45. The minimum Gasteiger partial charge on any atom is -0.301 e. The summed E-state index contributed by atoms with van der Waals surface area (Å²) in [5, 5.41) is 4.61. The van der Waals surface area contributed by atoms with Gasteiger partial charge >= 0.3 is 0 Å². The van der Waals surface area contributed by atoms with Gasteiger partial charge in [-0.25, -0.2) is 9.50 Å². The monoisotopic (exact) mass is 272 g/mol. The summed E-state index contributed by atoms with van der Waals surface area (Å²) in [6, 6.07) is 4.79. The summed E-state index contributed by atoms with van der Waals surface area (Å²) in [6.45, 7) is 9.10. The first kappa shape index (κ1) is 13.6. The van der Waals surface area contributed by atoms with Crippen LogP contribution in [0.3, 0.4) is 0 Å². The number of rotatable bonds is 3. The van der Waals surface area contributed by atoms with Gasteiger partial charge in [-0.15, -0.1) is 0 Å². The van der Waals surface area contributed by atoms with Crippen molar-refractivity contribution >= 4 is 5.65 Å². The average Bonchev–Trinajstić information content (AvgIpc) is 2.83. The fraction of sp³-hybridized carbons (Fsp3) is 0.625. The Labute approximate surface area is 120 Å². The van der Waals surface area contributed by atoms with E-state index in [4.69, 9.17) is 4.98 Å². The van der Waals surface area contributed by atoms with Gasteiger partial charge in [0.1, 0.15) is 0 Å². The van der Waals surface area contributed by atoms with E-state index in [1.54, 1.807) is 0 Å². The number of fused-ring (bicyclic) bond motifs is 1. The van der Waals surface area contributed by atoms with Crippen LogP contribution in [0.15, 0.2) is 18.3 Å². The van der Waals surface area contributed by atoms with E-state index < -0.39 is 0 Å². The molecule has 4 heteroatoms. The van der Waals surface area contributed by atoms with Gasteiger partial charge in [-0.1, -0.05) is 6.07 Å². The van der Waals surface area contributed by atoms with Crippen molar-refractivity contribution in [2.75, 3.05) is 13.1 Å². The number of aryl methyl sites for hydroxylation is 1.